The van der Waals surface area contributed by atoms with Crippen LogP contribution in [0.2, 0.25) is 5.02 Å². The molecule has 5 heteroatoms. The van der Waals surface area contributed by atoms with Crippen LogP contribution in [0, 0.1) is 9.49 Å². The summed E-state index contributed by atoms with van der Waals surface area (Å²) in [7, 11) is 0. The van der Waals surface area contributed by atoms with Crippen LogP contribution in [0.4, 0.5) is 0 Å². The summed E-state index contributed by atoms with van der Waals surface area (Å²) in [6.07, 6.45) is 2.18. The molecule has 1 aromatic carbocycles. The number of aliphatic hydroxyl groups is 1. The number of carbonyl (C=O) groups is 1. The van der Waals surface area contributed by atoms with Crippen molar-refractivity contribution in [2.24, 2.45) is 5.92 Å². The van der Waals surface area contributed by atoms with Gasteiger partial charge in [0.1, 0.15) is 0 Å². The van der Waals surface area contributed by atoms with Crippen molar-refractivity contribution in [2.75, 3.05) is 0 Å². The van der Waals surface area contributed by atoms with Crippen molar-refractivity contribution in [1.29, 1.82) is 0 Å². The Morgan fingerprint density at radius 2 is 2.10 bits per heavy atom. The Bertz CT molecular complexity index is 578. The van der Waals surface area contributed by atoms with E-state index in [1.54, 1.807) is 13.8 Å². The molecule has 1 amide bonds. The highest BCUT2D eigenvalue weighted by Crippen LogP contribution is 2.43. The monoisotopic (exact) mass is 405 g/mol. The number of hydrogen-bond donors (Lipinski definition) is 1. The number of amides is 1. The van der Waals surface area contributed by atoms with E-state index in [0.717, 1.165) is 27.5 Å². The highest BCUT2D eigenvalue weighted by Gasteiger charge is 2.48. The van der Waals surface area contributed by atoms with Gasteiger partial charge in [-0.1, -0.05) is 11.6 Å². The summed E-state index contributed by atoms with van der Waals surface area (Å²) in [4.78, 5) is 14.6. The smallest absolute Gasteiger partial charge is 0.255 e. The molecule has 1 saturated carbocycles. The Morgan fingerprint density at radius 1 is 1.45 bits per heavy atom. The molecule has 3 nitrogen and oxygen atoms in total. The van der Waals surface area contributed by atoms with Gasteiger partial charge >= 0.3 is 0 Å². The lowest BCUT2D eigenvalue weighted by molar-refractivity contribution is -0.0224. The molecule has 1 atom stereocenters. The molecule has 1 aliphatic carbocycles. The molecular weight excluding hydrogens is 389 g/mol. The van der Waals surface area contributed by atoms with E-state index in [9.17, 15) is 9.90 Å². The van der Waals surface area contributed by atoms with E-state index in [4.69, 9.17) is 11.6 Å². The summed E-state index contributed by atoms with van der Waals surface area (Å²) >= 11 is 8.24. The van der Waals surface area contributed by atoms with Gasteiger partial charge in [0.15, 0.2) is 0 Å². The van der Waals surface area contributed by atoms with Gasteiger partial charge in [-0.05, 0) is 72.9 Å². The molecule has 1 N–H and O–H groups in total. The summed E-state index contributed by atoms with van der Waals surface area (Å²) in [5, 5.41) is 11.1. The highest BCUT2D eigenvalue weighted by atomic mass is 127. The molecule has 108 valence electrons. The Morgan fingerprint density at radius 3 is 2.65 bits per heavy atom. The van der Waals surface area contributed by atoms with Crippen LogP contribution in [0.15, 0.2) is 12.1 Å². The van der Waals surface area contributed by atoms with Crippen molar-refractivity contribution in [3.8, 4) is 0 Å². The number of carbonyl (C=O) groups excluding carboxylic acids is 1. The normalized spacial score (nSPS) is 20.2. The average molecular weight is 406 g/mol. The SMILES string of the molecule is CC(C)(O)[C@H](C1CC1)N1Cc2cc(Cl)cc(I)c2C1=O. The lowest BCUT2D eigenvalue weighted by Crippen LogP contribution is -2.51. The van der Waals surface area contributed by atoms with Crippen molar-refractivity contribution in [3.63, 3.8) is 0 Å². The first-order valence-corrected chi connectivity index (χ1v) is 8.26. The van der Waals surface area contributed by atoms with E-state index in [0.29, 0.717) is 17.5 Å². The summed E-state index contributed by atoms with van der Waals surface area (Å²) < 4.78 is 0.892. The van der Waals surface area contributed by atoms with Gasteiger partial charge in [0.25, 0.3) is 5.91 Å². The Hall–Kier alpha value is -0.330. The molecule has 0 bridgehead atoms. The third-order valence-electron chi connectivity index (χ3n) is 4.08. The fraction of sp³-hybridized carbons (Fsp3) is 0.533. The largest absolute Gasteiger partial charge is 0.388 e. The van der Waals surface area contributed by atoms with Gasteiger partial charge in [0, 0.05) is 15.1 Å². The molecule has 2 aliphatic rings. The second kappa shape index (κ2) is 4.85. The summed E-state index contributed by atoms with van der Waals surface area (Å²) in [5.74, 6) is 0.446. The zero-order chi connectivity index (χ0) is 14.7. The Kier molecular flexibility index (Phi) is 3.54. The lowest BCUT2D eigenvalue weighted by Gasteiger charge is -2.37. The summed E-state index contributed by atoms with van der Waals surface area (Å²) in [6, 6.07) is 3.57. The molecule has 20 heavy (non-hydrogen) atoms. The molecule has 1 aliphatic heterocycles. The fourth-order valence-corrected chi connectivity index (χ4v) is 4.58. The van der Waals surface area contributed by atoms with Gasteiger partial charge in [-0.15, -0.1) is 0 Å². The second-order valence-electron chi connectivity index (χ2n) is 6.29. The maximum absolute atomic E-state index is 12.7. The molecule has 1 fully saturated rings. The van der Waals surface area contributed by atoms with E-state index in [1.807, 2.05) is 17.0 Å². The van der Waals surface area contributed by atoms with E-state index < -0.39 is 5.60 Å². The van der Waals surface area contributed by atoms with Crippen LogP contribution < -0.4 is 0 Å². The van der Waals surface area contributed by atoms with Crippen LogP contribution in [0.1, 0.15) is 42.6 Å². The lowest BCUT2D eigenvalue weighted by atomic mass is 9.93. The third-order valence-corrected chi connectivity index (χ3v) is 5.15. The van der Waals surface area contributed by atoms with Gasteiger partial charge in [-0.2, -0.15) is 0 Å². The van der Waals surface area contributed by atoms with E-state index in [2.05, 4.69) is 22.6 Å². The number of fused-ring (bicyclic) bond motifs is 1. The average Bonchev–Trinajstić information content (AvgIpc) is 3.03. The number of rotatable bonds is 3. The van der Waals surface area contributed by atoms with Crippen LogP contribution in [0.25, 0.3) is 0 Å². The Balaban J connectivity index is 1.99. The standard InChI is InChI=1S/C15H17ClINO2/c1-15(2,20)13(8-3-4-8)18-7-9-5-10(16)6-11(17)12(9)14(18)19/h5-6,8,13,20H,3-4,7H2,1-2H3/t13-/m0/s1. The summed E-state index contributed by atoms with van der Waals surface area (Å²) in [6.45, 7) is 4.14. The molecule has 1 heterocycles. The minimum Gasteiger partial charge on any atom is -0.388 e. The van der Waals surface area contributed by atoms with Crippen molar-refractivity contribution >= 4 is 40.1 Å². The van der Waals surface area contributed by atoms with Crippen LogP contribution >= 0.6 is 34.2 Å². The van der Waals surface area contributed by atoms with Crippen molar-refractivity contribution in [2.45, 2.75) is 44.9 Å². The molecular formula is C15H17ClINO2. The molecule has 1 aromatic rings. The van der Waals surface area contributed by atoms with E-state index >= 15 is 0 Å². The first kappa shape index (κ1) is 14.6. The molecule has 3 rings (SSSR count). The van der Waals surface area contributed by atoms with E-state index in [1.165, 1.54) is 0 Å². The second-order valence-corrected chi connectivity index (χ2v) is 7.89. The van der Waals surface area contributed by atoms with E-state index in [-0.39, 0.29) is 11.9 Å². The van der Waals surface area contributed by atoms with Gasteiger partial charge in [0.05, 0.1) is 17.2 Å². The summed E-state index contributed by atoms with van der Waals surface area (Å²) in [5.41, 5.74) is 0.848. The van der Waals surface area contributed by atoms with Crippen LogP contribution in [-0.2, 0) is 6.54 Å². The molecule has 0 aromatic heterocycles. The van der Waals surface area contributed by atoms with Crippen molar-refractivity contribution in [3.05, 3.63) is 31.9 Å². The molecule has 0 radical (unpaired) electrons. The highest BCUT2D eigenvalue weighted by molar-refractivity contribution is 14.1. The predicted molar refractivity (Wildman–Crippen MR) is 86.9 cm³/mol. The zero-order valence-corrected chi connectivity index (χ0v) is 14.4. The third kappa shape index (κ3) is 2.46. The van der Waals surface area contributed by atoms with Gasteiger partial charge in [-0.3, -0.25) is 4.79 Å². The maximum Gasteiger partial charge on any atom is 0.255 e. The molecule has 0 saturated heterocycles. The zero-order valence-electron chi connectivity index (χ0n) is 11.5. The van der Waals surface area contributed by atoms with Crippen molar-refractivity contribution in [1.82, 2.24) is 4.90 Å². The fourth-order valence-electron chi connectivity index (χ4n) is 3.24. The predicted octanol–water partition coefficient (Wildman–Crippen LogP) is 3.45. The maximum atomic E-state index is 12.7. The number of nitrogens with zero attached hydrogens (tertiary/aromatic N) is 1. The molecule has 0 spiro atoms. The number of hydrogen-bond acceptors (Lipinski definition) is 2. The van der Waals surface area contributed by atoms with Gasteiger partial charge in [-0.25, -0.2) is 0 Å². The quantitative estimate of drug-likeness (QED) is 0.783. The van der Waals surface area contributed by atoms with Crippen LogP contribution in [0.3, 0.4) is 0 Å². The minimum atomic E-state index is -0.881. The first-order valence-electron chi connectivity index (χ1n) is 6.80. The topological polar surface area (TPSA) is 40.5 Å². The number of halogens is 2. The van der Waals surface area contributed by atoms with Crippen LogP contribution in [-0.4, -0.2) is 27.6 Å². The minimum absolute atomic E-state index is 0.0279. The first-order chi connectivity index (χ1) is 9.29. The Labute approximate surface area is 137 Å². The van der Waals surface area contributed by atoms with Gasteiger partial charge in [0.2, 0.25) is 0 Å². The number of benzene rings is 1. The van der Waals surface area contributed by atoms with Gasteiger partial charge < -0.3 is 10.0 Å². The van der Waals surface area contributed by atoms with Crippen LogP contribution in [0.5, 0.6) is 0 Å². The molecule has 0 unspecified atom stereocenters. The van der Waals surface area contributed by atoms with Crippen molar-refractivity contribution < 1.29 is 9.90 Å².